The van der Waals surface area contributed by atoms with Gasteiger partial charge >= 0.3 is 0 Å². The number of hydrogen-bond acceptors (Lipinski definition) is 7. The Morgan fingerprint density at radius 1 is 1.14 bits per heavy atom. The minimum absolute atomic E-state index is 0.167. The van der Waals surface area contributed by atoms with Crippen LogP contribution in [0.1, 0.15) is 24.2 Å². The molecule has 4 rings (SSSR count). The number of fused-ring (bicyclic) bond motifs is 1. The molecule has 7 nitrogen and oxygen atoms in total. The molecule has 4 aromatic rings. The average Bonchev–Trinajstić information content (AvgIpc) is 3.21. The van der Waals surface area contributed by atoms with Gasteiger partial charge in [-0.25, -0.2) is 4.98 Å². The summed E-state index contributed by atoms with van der Waals surface area (Å²) in [5, 5.41) is 14.0. The lowest BCUT2D eigenvalue weighted by molar-refractivity contribution is 0.378. The van der Waals surface area contributed by atoms with E-state index in [1.165, 1.54) is 11.8 Å². The molecule has 0 saturated carbocycles. The molecule has 0 fully saturated rings. The van der Waals surface area contributed by atoms with Crippen molar-refractivity contribution in [2.75, 3.05) is 0 Å². The first-order valence-corrected chi connectivity index (χ1v) is 9.64. The third kappa shape index (κ3) is 3.40. The smallest absolute Gasteiger partial charge is 0.266 e. The van der Waals surface area contributed by atoms with Crippen molar-refractivity contribution in [3.63, 3.8) is 0 Å². The fourth-order valence-corrected chi connectivity index (χ4v) is 3.60. The van der Waals surface area contributed by atoms with Crippen LogP contribution in [0.2, 0.25) is 0 Å². The summed E-state index contributed by atoms with van der Waals surface area (Å²) in [6.45, 7) is 1.94. The summed E-state index contributed by atoms with van der Waals surface area (Å²) in [5.41, 5.74) is 1.63. The maximum atomic E-state index is 13.2. The van der Waals surface area contributed by atoms with E-state index < -0.39 is 0 Å². The number of nitrogens with zero attached hydrogens (tertiary/aromatic N) is 5. The van der Waals surface area contributed by atoms with Crippen LogP contribution in [0.3, 0.4) is 0 Å². The molecule has 8 heteroatoms. The van der Waals surface area contributed by atoms with Crippen LogP contribution < -0.4 is 5.56 Å². The molecule has 138 valence electrons. The molecule has 2 heterocycles. The number of rotatable bonds is 5. The van der Waals surface area contributed by atoms with Crippen LogP contribution in [0.15, 0.2) is 63.0 Å². The first kappa shape index (κ1) is 17.9. The Labute approximate surface area is 164 Å². The van der Waals surface area contributed by atoms with Crippen LogP contribution >= 0.6 is 11.8 Å². The van der Waals surface area contributed by atoms with E-state index in [0.717, 1.165) is 0 Å². The topological polar surface area (TPSA) is 97.6 Å². The number of para-hydroxylation sites is 1. The summed E-state index contributed by atoms with van der Waals surface area (Å²) in [6, 6.07) is 16.2. The number of benzene rings is 2. The van der Waals surface area contributed by atoms with E-state index in [-0.39, 0.29) is 5.56 Å². The molecule has 2 aromatic heterocycles. The monoisotopic (exact) mass is 389 g/mol. The van der Waals surface area contributed by atoms with Gasteiger partial charge in [0.15, 0.2) is 11.0 Å². The SMILES string of the molecule is CCc1nc(CSc2nc3ccccc3c(=O)n2-c2ccc(C#N)cc2)no1. The second kappa shape index (κ2) is 7.66. The first-order valence-electron chi connectivity index (χ1n) is 8.66. The molecular weight excluding hydrogens is 374 g/mol. The average molecular weight is 389 g/mol. The number of aromatic nitrogens is 4. The van der Waals surface area contributed by atoms with E-state index in [9.17, 15) is 4.79 Å². The zero-order valence-corrected chi connectivity index (χ0v) is 15.8. The number of nitriles is 1. The highest BCUT2D eigenvalue weighted by Crippen LogP contribution is 2.24. The minimum Gasteiger partial charge on any atom is -0.339 e. The standard InChI is InChI=1S/C20H15N5O2S/c1-2-18-23-17(24-27-18)12-28-20-22-16-6-4-3-5-15(16)19(26)25(20)14-9-7-13(11-21)8-10-14/h3-10H,2,12H2,1H3. The molecule has 0 N–H and O–H groups in total. The normalized spacial score (nSPS) is 10.9. The molecule has 0 amide bonds. The van der Waals surface area contributed by atoms with Gasteiger partial charge in [-0.15, -0.1) is 0 Å². The lowest BCUT2D eigenvalue weighted by atomic mass is 10.2. The Morgan fingerprint density at radius 3 is 2.64 bits per heavy atom. The third-order valence-electron chi connectivity index (χ3n) is 4.14. The van der Waals surface area contributed by atoms with Gasteiger partial charge in [0, 0.05) is 6.42 Å². The number of hydrogen-bond donors (Lipinski definition) is 0. The van der Waals surface area contributed by atoms with Gasteiger partial charge in [0.25, 0.3) is 5.56 Å². The second-order valence-corrected chi connectivity index (χ2v) is 6.90. The van der Waals surface area contributed by atoms with E-state index in [4.69, 9.17) is 9.78 Å². The lowest BCUT2D eigenvalue weighted by Gasteiger charge is -2.12. The van der Waals surface area contributed by atoms with Crippen molar-refractivity contribution >= 4 is 22.7 Å². The molecule has 0 aliphatic carbocycles. The first-order chi connectivity index (χ1) is 13.7. The van der Waals surface area contributed by atoms with Crippen molar-refractivity contribution in [1.29, 1.82) is 5.26 Å². The zero-order valence-electron chi connectivity index (χ0n) is 15.0. The highest BCUT2D eigenvalue weighted by Gasteiger charge is 2.15. The highest BCUT2D eigenvalue weighted by atomic mass is 32.2. The van der Waals surface area contributed by atoms with Crippen LogP contribution in [0, 0.1) is 11.3 Å². The van der Waals surface area contributed by atoms with E-state index in [2.05, 4.69) is 21.2 Å². The minimum atomic E-state index is -0.167. The van der Waals surface area contributed by atoms with Crippen LogP contribution in [-0.4, -0.2) is 19.7 Å². The molecule has 2 aromatic carbocycles. The maximum absolute atomic E-state index is 13.2. The molecule has 0 aliphatic heterocycles. The Morgan fingerprint density at radius 2 is 1.93 bits per heavy atom. The molecule has 28 heavy (non-hydrogen) atoms. The van der Waals surface area contributed by atoms with Gasteiger partial charge in [-0.2, -0.15) is 10.2 Å². The Hall–Kier alpha value is -3.44. The van der Waals surface area contributed by atoms with Crippen molar-refractivity contribution in [2.45, 2.75) is 24.3 Å². The quantitative estimate of drug-likeness (QED) is 0.380. The summed E-state index contributed by atoms with van der Waals surface area (Å²) in [4.78, 5) is 22.1. The number of aryl methyl sites for hydroxylation is 1. The summed E-state index contributed by atoms with van der Waals surface area (Å²) >= 11 is 1.36. The van der Waals surface area contributed by atoms with Crippen molar-refractivity contribution < 1.29 is 4.52 Å². The van der Waals surface area contributed by atoms with Gasteiger partial charge in [0.2, 0.25) is 5.89 Å². The highest BCUT2D eigenvalue weighted by molar-refractivity contribution is 7.98. The van der Waals surface area contributed by atoms with Crippen molar-refractivity contribution in [3.8, 4) is 11.8 Å². The summed E-state index contributed by atoms with van der Waals surface area (Å²) < 4.78 is 6.69. The molecule has 0 radical (unpaired) electrons. The molecule has 0 atom stereocenters. The van der Waals surface area contributed by atoms with Crippen LogP contribution in [0.25, 0.3) is 16.6 Å². The Kier molecular flexibility index (Phi) is 4.91. The lowest BCUT2D eigenvalue weighted by Crippen LogP contribution is -2.21. The third-order valence-corrected chi connectivity index (χ3v) is 5.08. The fourth-order valence-electron chi connectivity index (χ4n) is 2.74. The Bertz CT molecular complexity index is 1240. The second-order valence-electron chi connectivity index (χ2n) is 5.96. The summed E-state index contributed by atoms with van der Waals surface area (Å²) in [6.07, 6.45) is 0.668. The van der Waals surface area contributed by atoms with E-state index >= 15 is 0 Å². The number of thioether (sulfide) groups is 1. The van der Waals surface area contributed by atoms with Crippen molar-refractivity contribution in [3.05, 3.63) is 76.2 Å². The van der Waals surface area contributed by atoms with Crippen LogP contribution in [-0.2, 0) is 12.2 Å². The van der Waals surface area contributed by atoms with Gasteiger partial charge in [-0.1, -0.05) is 36.0 Å². The van der Waals surface area contributed by atoms with Gasteiger partial charge in [-0.3, -0.25) is 9.36 Å². The predicted molar refractivity (Wildman–Crippen MR) is 105 cm³/mol. The van der Waals surface area contributed by atoms with Gasteiger partial charge < -0.3 is 4.52 Å². The van der Waals surface area contributed by atoms with Gasteiger partial charge in [0.1, 0.15) is 0 Å². The zero-order chi connectivity index (χ0) is 19.5. The maximum Gasteiger partial charge on any atom is 0.266 e. The van der Waals surface area contributed by atoms with Crippen LogP contribution in [0.5, 0.6) is 0 Å². The van der Waals surface area contributed by atoms with E-state index in [0.29, 0.717) is 51.2 Å². The molecular formula is C20H15N5O2S. The summed E-state index contributed by atoms with van der Waals surface area (Å²) in [7, 11) is 0. The molecule has 0 spiro atoms. The fraction of sp³-hybridized carbons (Fsp3) is 0.150. The van der Waals surface area contributed by atoms with Crippen molar-refractivity contribution in [2.24, 2.45) is 0 Å². The summed E-state index contributed by atoms with van der Waals surface area (Å²) in [5.74, 6) is 1.55. The van der Waals surface area contributed by atoms with E-state index in [1.54, 1.807) is 34.9 Å². The van der Waals surface area contributed by atoms with Gasteiger partial charge in [-0.05, 0) is 36.4 Å². The van der Waals surface area contributed by atoms with Crippen LogP contribution in [0.4, 0.5) is 0 Å². The predicted octanol–water partition coefficient (Wildman–Crippen LogP) is 3.50. The molecule has 0 unspecified atom stereocenters. The van der Waals surface area contributed by atoms with Gasteiger partial charge in [0.05, 0.1) is 34.0 Å². The molecule has 0 saturated heterocycles. The molecule has 0 bridgehead atoms. The van der Waals surface area contributed by atoms with Crippen molar-refractivity contribution in [1.82, 2.24) is 19.7 Å². The Balaban J connectivity index is 1.80. The molecule has 0 aliphatic rings. The van der Waals surface area contributed by atoms with E-state index in [1.807, 2.05) is 25.1 Å². The largest absolute Gasteiger partial charge is 0.339 e.